The summed E-state index contributed by atoms with van der Waals surface area (Å²) >= 11 is 0. The Kier molecular flexibility index (Phi) is 2.94. The molecular weight excluding hydrogens is 210 g/mol. The van der Waals surface area contributed by atoms with Gasteiger partial charge in [-0.3, -0.25) is 14.4 Å². The smallest absolute Gasteiger partial charge is 0.249 e. The van der Waals surface area contributed by atoms with E-state index in [-0.39, 0.29) is 16.7 Å². The number of benzene rings is 1. The van der Waals surface area contributed by atoms with Gasteiger partial charge in [0.05, 0.1) is 11.1 Å². The van der Waals surface area contributed by atoms with E-state index in [4.69, 9.17) is 17.2 Å². The van der Waals surface area contributed by atoms with Gasteiger partial charge in [0, 0.05) is 5.56 Å². The molecule has 0 aromatic heterocycles. The lowest BCUT2D eigenvalue weighted by molar-refractivity contribution is 0.0965. The molecule has 1 aromatic rings. The quantitative estimate of drug-likeness (QED) is 0.623. The molecule has 0 aliphatic carbocycles. The highest BCUT2D eigenvalue weighted by atomic mass is 16.2. The van der Waals surface area contributed by atoms with Gasteiger partial charge in [-0.05, 0) is 24.6 Å². The fourth-order valence-corrected chi connectivity index (χ4v) is 1.38. The fraction of sp³-hybridized carbons (Fsp3) is 0.100. The number of rotatable bonds is 3. The van der Waals surface area contributed by atoms with Crippen LogP contribution in [0.4, 0.5) is 0 Å². The van der Waals surface area contributed by atoms with Crippen molar-refractivity contribution in [1.82, 2.24) is 0 Å². The summed E-state index contributed by atoms with van der Waals surface area (Å²) in [5, 5.41) is 0. The minimum absolute atomic E-state index is 0.0185. The lowest BCUT2D eigenvalue weighted by Crippen LogP contribution is -2.23. The number of amides is 3. The maximum atomic E-state index is 11.1. The van der Waals surface area contributed by atoms with Gasteiger partial charge in [-0.25, -0.2) is 0 Å². The monoisotopic (exact) mass is 221 g/mol. The van der Waals surface area contributed by atoms with Crippen molar-refractivity contribution >= 4 is 17.7 Å². The van der Waals surface area contributed by atoms with Crippen LogP contribution in [0.25, 0.3) is 0 Å². The molecule has 0 saturated heterocycles. The molecule has 0 heterocycles. The molecule has 6 heteroatoms. The Morgan fingerprint density at radius 2 is 1.19 bits per heavy atom. The van der Waals surface area contributed by atoms with E-state index in [2.05, 4.69) is 0 Å². The topological polar surface area (TPSA) is 129 Å². The highest BCUT2D eigenvalue weighted by molar-refractivity contribution is 6.08. The van der Waals surface area contributed by atoms with Crippen LogP contribution in [0.15, 0.2) is 12.1 Å². The molecule has 0 bridgehead atoms. The molecule has 6 N–H and O–H groups in total. The molecule has 84 valence electrons. The standard InChI is InChI=1S/C10H11N3O3/c1-4-2-6(9(12)15)7(10(13)16)3-5(4)8(11)14/h2-3H,1H3,(H2,11,14)(H2,12,15)(H2,13,16). The Balaban J connectivity index is 3.55. The molecular formula is C10H11N3O3. The number of hydrogen-bond donors (Lipinski definition) is 3. The van der Waals surface area contributed by atoms with Gasteiger partial charge >= 0.3 is 0 Å². The fourth-order valence-electron chi connectivity index (χ4n) is 1.38. The van der Waals surface area contributed by atoms with Gasteiger partial charge < -0.3 is 17.2 Å². The highest BCUT2D eigenvalue weighted by Gasteiger charge is 2.17. The van der Waals surface area contributed by atoms with Crippen molar-refractivity contribution in [2.24, 2.45) is 17.2 Å². The maximum absolute atomic E-state index is 11.1. The second-order valence-electron chi connectivity index (χ2n) is 3.31. The van der Waals surface area contributed by atoms with Crippen LogP contribution in [0.1, 0.15) is 36.6 Å². The van der Waals surface area contributed by atoms with E-state index in [1.54, 1.807) is 6.92 Å². The molecule has 6 nitrogen and oxygen atoms in total. The molecule has 1 rings (SSSR count). The third-order valence-corrected chi connectivity index (χ3v) is 2.16. The lowest BCUT2D eigenvalue weighted by Gasteiger charge is -2.08. The Morgan fingerprint density at radius 3 is 1.56 bits per heavy atom. The van der Waals surface area contributed by atoms with Crippen LogP contribution >= 0.6 is 0 Å². The average molecular weight is 221 g/mol. The van der Waals surface area contributed by atoms with Crippen molar-refractivity contribution in [2.75, 3.05) is 0 Å². The van der Waals surface area contributed by atoms with Gasteiger partial charge in [0.25, 0.3) is 0 Å². The van der Waals surface area contributed by atoms with Gasteiger partial charge in [-0.15, -0.1) is 0 Å². The van der Waals surface area contributed by atoms with Gasteiger partial charge in [0.2, 0.25) is 17.7 Å². The molecule has 1 aromatic carbocycles. The van der Waals surface area contributed by atoms with Crippen molar-refractivity contribution in [3.63, 3.8) is 0 Å². The number of hydrogen-bond acceptors (Lipinski definition) is 3. The summed E-state index contributed by atoms with van der Waals surface area (Å²) in [6.07, 6.45) is 0. The number of nitrogens with two attached hydrogens (primary N) is 3. The molecule has 0 fully saturated rings. The molecule has 0 unspecified atom stereocenters. The van der Waals surface area contributed by atoms with Gasteiger partial charge in [-0.1, -0.05) is 0 Å². The van der Waals surface area contributed by atoms with E-state index in [9.17, 15) is 14.4 Å². The Bertz CT molecular complexity index is 494. The number of aryl methyl sites for hydroxylation is 1. The first-order valence-corrected chi connectivity index (χ1v) is 4.38. The zero-order valence-corrected chi connectivity index (χ0v) is 8.61. The minimum atomic E-state index is -0.837. The highest BCUT2D eigenvalue weighted by Crippen LogP contribution is 2.16. The van der Waals surface area contributed by atoms with Gasteiger partial charge in [-0.2, -0.15) is 0 Å². The SMILES string of the molecule is Cc1cc(C(N)=O)c(C(N)=O)cc1C(N)=O. The van der Waals surface area contributed by atoms with E-state index in [0.29, 0.717) is 5.56 Å². The average Bonchev–Trinajstić information content (AvgIpc) is 2.15. The summed E-state index contributed by atoms with van der Waals surface area (Å²) in [6.45, 7) is 1.58. The van der Waals surface area contributed by atoms with Crippen molar-refractivity contribution in [3.05, 3.63) is 34.4 Å². The Labute approximate surface area is 91.4 Å². The van der Waals surface area contributed by atoms with Crippen LogP contribution < -0.4 is 17.2 Å². The van der Waals surface area contributed by atoms with Crippen molar-refractivity contribution in [1.29, 1.82) is 0 Å². The summed E-state index contributed by atoms with van der Waals surface area (Å²) in [4.78, 5) is 33.2. The Morgan fingerprint density at radius 1 is 0.812 bits per heavy atom. The second kappa shape index (κ2) is 4.01. The Hall–Kier alpha value is -2.37. The van der Waals surface area contributed by atoms with Crippen LogP contribution in [0.3, 0.4) is 0 Å². The summed E-state index contributed by atoms with van der Waals surface area (Å²) in [6, 6.07) is 2.50. The molecule has 3 amide bonds. The molecule has 0 aliphatic rings. The largest absolute Gasteiger partial charge is 0.366 e. The van der Waals surface area contributed by atoms with E-state index >= 15 is 0 Å². The summed E-state index contributed by atoms with van der Waals surface area (Å²) in [7, 11) is 0. The molecule has 16 heavy (non-hydrogen) atoms. The molecule has 0 aliphatic heterocycles. The minimum Gasteiger partial charge on any atom is -0.366 e. The molecule has 0 atom stereocenters. The van der Waals surface area contributed by atoms with Crippen LogP contribution in [-0.4, -0.2) is 17.7 Å². The van der Waals surface area contributed by atoms with E-state index in [0.717, 1.165) is 0 Å². The molecule has 0 spiro atoms. The van der Waals surface area contributed by atoms with Crippen molar-refractivity contribution in [3.8, 4) is 0 Å². The summed E-state index contributed by atoms with van der Waals surface area (Å²) < 4.78 is 0. The normalized spacial score (nSPS) is 9.81. The third kappa shape index (κ3) is 2.00. The third-order valence-electron chi connectivity index (χ3n) is 2.16. The number of carbonyl (C=O) groups is 3. The molecule has 0 saturated carbocycles. The van der Waals surface area contributed by atoms with Crippen LogP contribution in [0.5, 0.6) is 0 Å². The predicted octanol–water partition coefficient (Wildman–Crippen LogP) is -0.708. The van der Waals surface area contributed by atoms with Crippen molar-refractivity contribution in [2.45, 2.75) is 6.92 Å². The second-order valence-corrected chi connectivity index (χ2v) is 3.31. The van der Waals surface area contributed by atoms with E-state index in [1.165, 1.54) is 12.1 Å². The zero-order valence-electron chi connectivity index (χ0n) is 8.61. The maximum Gasteiger partial charge on any atom is 0.249 e. The van der Waals surface area contributed by atoms with E-state index in [1.807, 2.05) is 0 Å². The van der Waals surface area contributed by atoms with Crippen LogP contribution in [0.2, 0.25) is 0 Å². The number of carbonyl (C=O) groups excluding carboxylic acids is 3. The first-order valence-electron chi connectivity index (χ1n) is 4.38. The predicted molar refractivity (Wildman–Crippen MR) is 56.7 cm³/mol. The van der Waals surface area contributed by atoms with Crippen LogP contribution in [-0.2, 0) is 0 Å². The number of primary amides is 3. The first kappa shape index (κ1) is 11.7. The summed E-state index contributed by atoms with van der Waals surface area (Å²) in [5.41, 5.74) is 15.7. The van der Waals surface area contributed by atoms with Crippen molar-refractivity contribution < 1.29 is 14.4 Å². The van der Waals surface area contributed by atoms with E-state index < -0.39 is 17.7 Å². The van der Waals surface area contributed by atoms with Crippen LogP contribution in [0, 0.1) is 6.92 Å². The molecule has 0 radical (unpaired) electrons. The zero-order chi connectivity index (χ0) is 12.5. The first-order chi connectivity index (χ1) is 7.34. The van der Waals surface area contributed by atoms with Gasteiger partial charge in [0.1, 0.15) is 0 Å². The lowest BCUT2D eigenvalue weighted by atomic mass is 9.98. The van der Waals surface area contributed by atoms with Gasteiger partial charge in [0.15, 0.2) is 0 Å². The summed E-state index contributed by atoms with van der Waals surface area (Å²) in [5.74, 6) is -2.32.